The van der Waals surface area contributed by atoms with Gasteiger partial charge in [0.25, 0.3) is 0 Å². The van der Waals surface area contributed by atoms with Crippen LogP contribution in [-0.2, 0) is 4.74 Å². The predicted octanol–water partition coefficient (Wildman–Crippen LogP) is 1.75. The van der Waals surface area contributed by atoms with Gasteiger partial charge in [-0.25, -0.2) is 0 Å². The zero-order valence-electron chi connectivity index (χ0n) is 12.1. The molecule has 0 aliphatic heterocycles. The molecule has 6 nitrogen and oxygen atoms in total. The quantitative estimate of drug-likeness (QED) is 0.724. The standard InChI is InChI=1S/C16H18O5.H2O/c17-13-5-1-3-7-15(13)20-11-9-19-10-12-21-16-8-4-2-6-14(16)18;/h1-8,17-18H,9-12H2;1H2. The lowest BCUT2D eigenvalue weighted by Gasteiger charge is -2.09. The second-order valence-corrected chi connectivity index (χ2v) is 4.24. The minimum atomic E-state index is 0. The van der Waals surface area contributed by atoms with Gasteiger partial charge in [0.05, 0.1) is 13.2 Å². The van der Waals surface area contributed by atoms with E-state index in [4.69, 9.17) is 14.2 Å². The van der Waals surface area contributed by atoms with Crippen molar-refractivity contribution in [2.75, 3.05) is 26.4 Å². The molecule has 6 heteroatoms. The Kier molecular flexibility index (Phi) is 7.60. The molecule has 2 rings (SSSR count). The Morgan fingerprint density at radius 2 is 1.05 bits per heavy atom. The highest BCUT2D eigenvalue weighted by Crippen LogP contribution is 2.24. The number of para-hydroxylation sites is 4. The summed E-state index contributed by atoms with van der Waals surface area (Å²) in [6, 6.07) is 13.6. The summed E-state index contributed by atoms with van der Waals surface area (Å²) in [5, 5.41) is 19.0. The number of benzene rings is 2. The minimum Gasteiger partial charge on any atom is -0.504 e. The summed E-state index contributed by atoms with van der Waals surface area (Å²) in [4.78, 5) is 0. The largest absolute Gasteiger partial charge is 0.504 e. The third kappa shape index (κ3) is 5.51. The maximum Gasteiger partial charge on any atom is 0.161 e. The molecule has 4 N–H and O–H groups in total. The number of rotatable bonds is 8. The first-order chi connectivity index (χ1) is 10.3. The average Bonchev–Trinajstić information content (AvgIpc) is 2.50. The van der Waals surface area contributed by atoms with Crippen molar-refractivity contribution >= 4 is 0 Å². The Balaban J connectivity index is 0.00000242. The summed E-state index contributed by atoms with van der Waals surface area (Å²) in [6.45, 7) is 1.46. The van der Waals surface area contributed by atoms with Gasteiger partial charge in [0, 0.05) is 0 Å². The topological polar surface area (TPSA) is 99.7 Å². The highest BCUT2D eigenvalue weighted by molar-refractivity contribution is 5.38. The number of hydrogen-bond acceptors (Lipinski definition) is 5. The summed E-state index contributed by atoms with van der Waals surface area (Å²) in [7, 11) is 0. The Hall–Kier alpha value is -2.44. The normalized spacial score (nSPS) is 9.82. The number of phenols is 2. The van der Waals surface area contributed by atoms with Crippen LogP contribution in [0.3, 0.4) is 0 Å². The molecule has 2 aromatic rings. The van der Waals surface area contributed by atoms with Crippen LogP contribution >= 0.6 is 0 Å². The van der Waals surface area contributed by atoms with Gasteiger partial charge in [-0.1, -0.05) is 24.3 Å². The van der Waals surface area contributed by atoms with E-state index in [1.807, 2.05) is 0 Å². The third-order valence-electron chi connectivity index (χ3n) is 2.70. The fourth-order valence-electron chi connectivity index (χ4n) is 1.68. The molecule has 0 saturated carbocycles. The van der Waals surface area contributed by atoms with E-state index in [1.165, 1.54) is 0 Å². The van der Waals surface area contributed by atoms with Crippen molar-refractivity contribution < 1.29 is 29.9 Å². The molecule has 0 radical (unpaired) electrons. The van der Waals surface area contributed by atoms with Crippen molar-refractivity contribution in [1.82, 2.24) is 0 Å². The fraction of sp³-hybridized carbons (Fsp3) is 0.250. The molecule has 0 atom stereocenters. The second kappa shape index (κ2) is 9.49. The van der Waals surface area contributed by atoms with Crippen molar-refractivity contribution in [3.63, 3.8) is 0 Å². The summed E-state index contributed by atoms with van der Waals surface area (Å²) in [6.07, 6.45) is 0. The lowest BCUT2D eigenvalue weighted by molar-refractivity contribution is 0.0751. The lowest BCUT2D eigenvalue weighted by Crippen LogP contribution is -2.12. The number of ether oxygens (including phenoxy) is 3. The van der Waals surface area contributed by atoms with Crippen molar-refractivity contribution in [2.45, 2.75) is 0 Å². The molecule has 2 aromatic carbocycles. The van der Waals surface area contributed by atoms with Crippen molar-refractivity contribution in [2.24, 2.45) is 0 Å². The highest BCUT2D eigenvalue weighted by Gasteiger charge is 2.01. The summed E-state index contributed by atoms with van der Waals surface area (Å²) in [5.41, 5.74) is 0. The zero-order valence-corrected chi connectivity index (χ0v) is 12.1. The molecule has 0 aromatic heterocycles. The van der Waals surface area contributed by atoms with Crippen LogP contribution in [0.2, 0.25) is 0 Å². The monoisotopic (exact) mass is 308 g/mol. The Labute approximate surface area is 128 Å². The molecule has 0 spiro atoms. The molecule has 0 amide bonds. The van der Waals surface area contributed by atoms with E-state index in [1.54, 1.807) is 48.5 Å². The first-order valence-corrected chi connectivity index (χ1v) is 6.66. The van der Waals surface area contributed by atoms with E-state index in [2.05, 4.69) is 0 Å². The van der Waals surface area contributed by atoms with E-state index in [0.29, 0.717) is 37.9 Å². The van der Waals surface area contributed by atoms with Gasteiger partial charge in [0.15, 0.2) is 23.0 Å². The van der Waals surface area contributed by atoms with Gasteiger partial charge in [-0.15, -0.1) is 0 Å². The second-order valence-electron chi connectivity index (χ2n) is 4.24. The molecule has 0 saturated heterocycles. The number of hydrogen-bond donors (Lipinski definition) is 2. The molecule has 120 valence electrons. The van der Waals surface area contributed by atoms with E-state index < -0.39 is 0 Å². The first kappa shape index (κ1) is 17.6. The van der Waals surface area contributed by atoms with Gasteiger partial charge < -0.3 is 29.9 Å². The van der Waals surface area contributed by atoms with Crippen LogP contribution < -0.4 is 9.47 Å². The molecule has 22 heavy (non-hydrogen) atoms. The average molecular weight is 308 g/mol. The number of aromatic hydroxyl groups is 2. The maximum atomic E-state index is 9.49. The zero-order chi connectivity index (χ0) is 14.9. The van der Waals surface area contributed by atoms with Gasteiger partial charge in [-0.3, -0.25) is 0 Å². The van der Waals surface area contributed by atoms with Crippen LogP contribution in [0.4, 0.5) is 0 Å². The van der Waals surface area contributed by atoms with E-state index in [-0.39, 0.29) is 17.0 Å². The Morgan fingerprint density at radius 3 is 1.45 bits per heavy atom. The van der Waals surface area contributed by atoms with Crippen LogP contribution in [-0.4, -0.2) is 42.1 Å². The predicted molar refractivity (Wildman–Crippen MR) is 81.6 cm³/mol. The van der Waals surface area contributed by atoms with Crippen LogP contribution in [0.1, 0.15) is 0 Å². The van der Waals surface area contributed by atoms with Crippen LogP contribution in [0.5, 0.6) is 23.0 Å². The molecule has 0 aliphatic rings. The molecule has 0 fully saturated rings. The molecule has 0 bridgehead atoms. The van der Waals surface area contributed by atoms with E-state index in [9.17, 15) is 10.2 Å². The fourth-order valence-corrected chi connectivity index (χ4v) is 1.68. The smallest absolute Gasteiger partial charge is 0.161 e. The van der Waals surface area contributed by atoms with Crippen LogP contribution in [0, 0.1) is 0 Å². The van der Waals surface area contributed by atoms with Crippen LogP contribution in [0.25, 0.3) is 0 Å². The lowest BCUT2D eigenvalue weighted by atomic mass is 10.3. The van der Waals surface area contributed by atoms with Gasteiger partial charge >= 0.3 is 0 Å². The molecule has 0 heterocycles. The van der Waals surface area contributed by atoms with Crippen molar-refractivity contribution in [3.8, 4) is 23.0 Å². The Bertz CT molecular complexity index is 508. The highest BCUT2D eigenvalue weighted by atomic mass is 16.5. The summed E-state index contributed by atoms with van der Waals surface area (Å²) < 4.78 is 16.1. The maximum absolute atomic E-state index is 9.49. The van der Waals surface area contributed by atoms with Gasteiger partial charge in [0.1, 0.15) is 13.2 Å². The number of phenolic OH excluding ortho intramolecular Hbond substituents is 2. The van der Waals surface area contributed by atoms with E-state index in [0.717, 1.165) is 0 Å². The van der Waals surface area contributed by atoms with Crippen molar-refractivity contribution in [1.29, 1.82) is 0 Å². The summed E-state index contributed by atoms with van der Waals surface area (Å²) in [5.74, 6) is 1.10. The van der Waals surface area contributed by atoms with Crippen LogP contribution in [0.15, 0.2) is 48.5 Å². The first-order valence-electron chi connectivity index (χ1n) is 6.66. The minimum absolute atomic E-state index is 0. The van der Waals surface area contributed by atoms with Crippen molar-refractivity contribution in [3.05, 3.63) is 48.5 Å². The molecule has 0 aliphatic carbocycles. The molecular formula is C16H20O6. The molecular weight excluding hydrogens is 288 g/mol. The van der Waals surface area contributed by atoms with Gasteiger partial charge in [-0.05, 0) is 24.3 Å². The summed E-state index contributed by atoms with van der Waals surface area (Å²) >= 11 is 0. The molecule has 0 unspecified atom stereocenters. The third-order valence-corrected chi connectivity index (χ3v) is 2.70. The van der Waals surface area contributed by atoms with Gasteiger partial charge in [-0.2, -0.15) is 0 Å². The van der Waals surface area contributed by atoms with Gasteiger partial charge in [0.2, 0.25) is 0 Å². The SMILES string of the molecule is O.Oc1ccccc1OCCOCCOc1ccccc1O. The Morgan fingerprint density at radius 1 is 0.636 bits per heavy atom. The van der Waals surface area contributed by atoms with E-state index >= 15 is 0 Å².